The number of sulfonamides is 1. The highest BCUT2D eigenvalue weighted by Crippen LogP contribution is 2.54. The molecule has 4 aromatic rings. The van der Waals surface area contributed by atoms with Crippen LogP contribution in [-0.2, 0) is 31.0 Å². The second kappa shape index (κ2) is 11.2. The summed E-state index contributed by atoms with van der Waals surface area (Å²) >= 11 is 5.54. The lowest BCUT2D eigenvalue weighted by Crippen LogP contribution is -2.33. The number of primary sulfonamides is 1. The van der Waals surface area contributed by atoms with E-state index in [1.165, 1.54) is 33.7 Å². The van der Waals surface area contributed by atoms with Crippen LogP contribution in [0.15, 0.2) is 92.0 Å². The molecule has 1 saturated heterocycles. The molecule has 0 aliphatic carbocycles. The van der Waals surface area contributed by atoms with E-state index >= 15 is 0 Å². The summed E-state index contributed by atoms with van der Waals surface area (Å²) in [5.74, 6) is -2.55. The fourth-order valence-corrected chi connectivity index (χ4v) is 8.86. The Labute approximate surface area is 263 Å². The number of carbonyl (C=O) groups is 3. The Morgan fingerprint density at radius 2 is 1.60 bits per heavy atom. The molecule has 0 bridgehead atoms. The van der Waals surface area contributed by atoms with Crippen LogP contribution < -0.4 is 20.2 Å². The maximum atomic E-state index is 13.9. The standard InChI is InChI=1S/C29H23BrN4O6S3/c1-15-2-10-19(11-3-15)34-26(36)23-22(16-4-6-17(30)7-5-16)25-28(41-24(23)27(34)37)33(29(38)42-25)14-21(35)32-18-8-12-20(13-9-18)43(31,39)40/h2-13,22-24H,14H2,1H3,(H,32,35)(H2,31,39,40)/t22-,23?,24?/m1/s1. The number of nitrogens with two attached hydrogens (primary N) is 1. The maximum Gasteiger partial charge on any atom is 0.308 e. The normalized spacial score (nSPS) is 19.7. The Balaban J connectivity index is 1.36. The van der Waals surface area contributed by atoms with Gasteiger partial charge in [0.1, 0.15) is 11.8 Å². The number of amides is 3. The van der Waals surface area contributed by atoms with Crippen molar-refractivity contribution in [2.45, 2.75) is 34.6 Å². The van der Waals surface area contributed by atoms with Gasteiger partial charge < -0.3 is 5.32 Å². The summed E-state index contributed by atoms with van der Waals surface area (Å²) in [5, 5.41) is 7.47. The summed E-state index contributed by atoms with van der Waals surface area (Å²) in [7, 11) is -3.89. The smallest absolute Gasteiger partial charge is 0.308 e. The van der Waals surface area contributed by atoms with Crippen LogP contribution in [0.1, 0.15) is 21.9 Å². The van der Waals surface area contributed by atoms with E-state index in [9.17, 15) is 27.6 Å². The molecule has 2 aliphatic heterocycles. The van der Waals surface area contributed by atoms with Crippen molar-refractivity contribution < 1.29 is 22.8 Å². The molecule has 3 heterocycles. The summed E-state index contributed by atoms with van der Waals surface area (Å²) in [6.45, 7) is 1.58. The summed E-state index contributed by atoms with van der Waals surface area (Å²) in [6.07, 6.45) is 0. The number of aryl methyl sites for hydroxylation is 1. The predicted molar refractivity (Wildman–Crippen MR) is 168 cm³/mol. The van der Waals surface area contributed by atoms with Gasteiger partial charge in [0.25, 0.3) is 0 Å². The van der Waals surface area contributed by atoms with E-state index in [1.807, 2.05) is 43.3 Å². The topological polar surface area (TPSA) is 149 Å². The third-order valence-corrected chi connectivity index (χ3v) is 11.4. The number of imide groups is 1. The van der Waals surface area contributed by atoms with E-state index < -0.39 is 37.9 Å². The van der Waals surface area contributed by atoms with Gasteiger partial charge in [-0.15, -0.1) is 0 Å². The van der Waals surface area contributed by atoms with Crippen molar-refractivity contribution in [1.29, 1.82) is 0 Å². The number of nitrogens with one attached hydrogen (secondary N) is 1. The van der Waals surface area contributed by atoms with Crippen molar-refractivity contribution in [2.24, 2.45) is 11.1 Å². The predicted octanol–water partition coefficient (Wildman–Crippen LogP) is 4.06. The van der Waals surface area contributed by atoms with Crippen molar-refractivity contribution in [3.8, 4) is 0 Å². The number of hydrogen-bond donors (Lipinski definition) is 2. The highest BCUT2D eigenvalue weighted by Gasteiger charge is 2.56. The molecule has 6 rings (SSSR count). The average Bonchev–Trinajstić information content (AvgIpc) is 3.40. The second-order valence-corrected chi connectivity index (χ2v) is 14.8. The number of aromatic nitrogens is 1. The SMILES string of the molecule is Cc1ccc(N2C(=O)C3Sc4c(sc(=O)n4CC(=O)Nc4ccc(S(N)(=O)=O)cc4)[C@H](c4ccc(Br)cc4)C3C2=O)cc1. The van der Waals surface area contributed by atoms with Crippen LogP contribution in [0.4, 0.5) is 11.4 Å². The van der Waals surface area contributed by atoms with Crippen molar-refractivity contribution in [3.63, 3.8) is 0 Å². The number of carbonyl (C=O) groups excluding carboxylic acids is 3. The molecular weight excluding hydrogens is 676 g/mol. The quantitative estimate of drug-likeness (QED) is 0.289. The van der Waals surface area contributed by atoms with Crippen molar-refractivity contribution in [1.82, 2.24) is 4.57 Å². The lowest BCUT2D eigenvalue weighted by Gasteiger charge is -2.30. The number of halogens is 1. The van der Waals surface area contributed by atoms with E-state index in [4.69, 9.17) is 5.14 Å². The van der Waals surface area contributed by atoms with Crippen LogP contribution in [0, 0.1) is 12.8 Å². The fraction of sp³-hybridized carbons (Fsp3) is 0.172. The molecule has 3 atom stereocenters. The molecule has 1 fully saturated rings. The van der Waals surface area contributed by atoms with Gasteiger partial charge in [-0.25, -0.2) is 18.5 Å². The van der Waals surface area contributed by atoms with Gasteiger partial charge in [-0.2, -0.15) is 0 Å². The molecule has 0 saturated carbocycles. The van der Waals surface area contributed by atoms with Gasteiger partial charge in [-0.3, -0.25) is 23.7 Å². The molecule has 3 amide bonds. The average molecular weight is 700 g/mol. The molecule has 1 aromatic heterocycles. The van der Waals surface area contributed by atoms with E-state index in [0.29, 0.717) is 21.3 Å². The largest absolute Gasteiger partial charge is 0.325 e. The van der Waals surface area contributed by atoms with Crippen LogP contribution >= 0.6 is 39.0 Å². The van der Waals surface area contributed by atoms with Crippen LogP contribution in [0.5, 0.6) is 0 Å². The van der Waals surface area contributed by atoms with Gasteiger partial charge in [0, 0.05) is 21.0 Å². The third-order valence-electron chi connectivity index (χ3n) is 7.34. The molecule has 10 nitrogen and oxygen atoms in total. The van der Waals surface area contributed by atoms with Crippen molar-refractivity contribution in [2.75, 3.05) is 10.2 Å². The Morgan fingerprint density at radius 1 is 0.953 bits per heavy atom. The minimum absolute atomic E-state index is 0.103. The Morgan fingerprint density at radius 3 is 2.23 bits per heavy atom. The molecular formula is C29H23BrN4O6S3. The lowest BCUT2D eigenvalue weighted by atomic mass is 9.83. The second-order valence-electron chi connectivity index (χ2n) is 10.2. The summed E-state index contributed by atoms with van der Waals surface area (Å²) in [6, 6.07) is 19.9. The van der Waals surface area contributed by atoms with Gasteiger partial charge in [-0.05, 0) is 61.0 Å². The lowest BCUT2D eigenvalue weighted by molar-refractivity contribution is -0.122. The highest BCUT2D eigenvalue weighted by atomic mass is 79.9. The molecule has 2 aliphatic rings. The minimum atomic E-state index is -3.89. The van der Waals surface area contributed by atoms with Gasteiger partial charge in [0.2, 0.25) is 27.7 Å². The Hall–Kier alpha value is -3.56. The number of hydrogen-bond acceptors (Lipinski definition) is 8. The zero-order valence-corrected chi connectivity index (χ0v) is 26.4. The summed E-state index contributed by atoms with van der Waals surface area (Å²) < 4.78 is 25.2. The molecule has 3 aromatic carbocycles. The number of rotatable bonds is 6. The van der Waals surface area contributed by atoms with Crippen LogP contribution in [0.25, 0.3) is 0 Å². The molecule has 14 heteroatoms. The first-order valence-electron chi connectivity index (χ1n) is 12.9. The first-order valence-corrected chi connectivity index (χ1v) is 17.0. The van der Waals surface area contributed by atoms with E-state index in [-0.39, 0.29) is 23.3 Å². The zero-order valence-electron chi connectivity index (χ0n) is 22.4. The monoisotopic (exact) mass is 698 g/mol. The van der Waals surface area contributed by atoms with Gasteiger partial charge in [0.05, 0.1) is 21.5 Å². The summed E-state index contributed by atoms with van der Waals surface area (Å²) in [4.78, 5) is 55.5. The van der Waals surface area contributed by atoms with E-state index in [2.05, 4.69) is 21.2 Å². The van der Waals surface area contributed by atoms with E-state index in [1.54, 1.807) is 12.1 Å². The van der Waals surface area contributed by atoms with E-state index in [0.717, 1.165) is 38.7 Å². The summed E-state index contributed by atoms with van der Waals surface area (Å²) in [5.41, 5.74) is 2.57. The molecule has 0 radical (unpaired) electrons. The number of benzene rings is 3. The zero-order chi connectivity index (χ0) is 30.6. The van der Waals surface area contributed by atoms with Crippen LogP contribution in [0.3, 0.4) is 0 Å². The molecule has 3 N–H and O–H groups in total. The number of fused-ring (bicyclic) bond motifs is 2. The first kappa shape index (κ1) is 29.5. The van der Waals surface area contributed by atoms with Crippen LogP contribution in [0.2, 0.25) is 0 Å². The molecule has 43 heavy (non-hydrogen) atoms. The van der Waals surface area contributed by atoms with Crippen molar-refractivity contribution >= 4 is 78.1 Å². The van der Waals surface area contributed by atoms with Crippen molar-refractivity contribution in [3.05, 3.63) is 103 Å². The Bertz CT molecular complexity index is 1940. The minimum Gasteiger partial charge on any atom is -0.325 e. The maximum absolute atomic E-state index is 13.9. The molecule has 220 valence electrons. The number of nitrogens with zero attached hydrogens (tertiary/aromatic N) is 2. The highest BCUT2D eigenvalue weighted by molar-refractivity contribution is 9.10. The number of thiazole rings is 1. The molecule has 2 unspecified atom stereocenters. The Kier molecular flexibility index (Phi) is 7.67. The number of anilines is 2. The third kappa shape index (κ3) is 5.49. The molecule has 0 spiro atoms. The van der Waals surface area contributed by atoms with Crippen LogP contribution in [-0.4, -0.2) is 36.0 Å². The fourth-order valence-electron chi connectivity index (χ4n) is 5.30. The number of thioether (sulfide) groups is 1. The first-order chi connectivity index (χ1) is 20.4. The van der Waals surface area contributed by atoms with Gasteiger partial charge in [-0.1, -0.05) is 68.9 Å². The van der Waals surface area contributed by atoms with Gasteiger partial charge in [0.15, 0.2) is 0 Å². The van der Waals surface area contributed by atoms with Gasteiger partial charge >= 0.3 is 4.87 Å².